The topological polar surface area (TPSA) is 59.6 Å². The lowest BCUT2D eigenvalue weighted by Gasteiger charge is -2.34. The Labute approximate surface area is 133 Å². The highest BCUT2D eigenvalue weighted by molar-refractivity contribution is 7.80. The van der Waals surface area contributed by atoms with E-state index >= 15 is 0 Å². The van der Waals surface area contributed by atoms with Crippen LogP contribution in [-0.2, 0) is 4.79 Å². The molecule has 3 aliphatic rings. The molecule has 0 amide bonds. The number of fused-ring (bicyclic) bond motifs is 1. The van der Waals surface area contributed by atoms with Crippen molar-refractivity contribution >= 4 is 23.1 Å². The number of ether oxygens (including phenoxy) is 2. The van der Waals surface area contributed by atoms with E-state index in [1.165, 1.54) is 0 Å². The summed E-state index contributed by atoms with van der Waals surface area (Å²) in [7, 11) is 0. The minimum Gasteiger partial charge on any atom is -0.486 e. The number of Topliss-reactive ketones (excluding diaryl/α,β-unsaturated/α-hetero) is 1. The molecule has 2 N–H and O–H groups in total. The first-order chi connectivity index (χ1) is 10.7. The minimum absolute atomic E-state index is 0.184. The van der Waals surface area contributed by atoms with Gasteiger partial charge in [0.05, 0.1) is 6.04 Å². The maximum atomic E-state index is 12.4. The second-order valence-corrected chi connectivity index (χ2v) is 6.01. The van der Waals surface area contributed by atoms with Gasteiger partial charge in [-0.1, -0.05) is 6.07 Å². The number of rotatable bonds is 1. The monoisotopic (exact) mass is 316 g/mol. The molecule has 0 radical (unpaired) electrons. The first-order valence-electron chi connectivity index (χ1n) is 7.46. The fourth-order valence-corrected chi connectivity index (χ4v) is 3.44. The van der Waals surface area contributed by atoms with Crippen molar-refractivity contribution in [3.8, 4) is 11.5 Å². The SMILES string of the molecule is O=C1CCCC2=C1[C@H](c1ccc3c(c1)OCCO3)NC(=S)N2. The molecule has 0 saturated carbocycles. The number of benzene rings is 1. The lowest BCUT2D eigenvalue weighted by Crippen LogP contribution is -2.46. The number of thiocarbonyl (C=S) groups is 1. The molecular formula is C16H16N2O3S. The molecule has 1 aromatic rings. The predicted octanol–water partition coefficient (Wildman–Crippen LogP) is 1.98. The third-order valence-corrected chi connectivity index (χ3v) is 4.40. The van der Waals surface area contributed by atoms with E-state index in [-0.39, 0.29) is 11.8 Å². The first-order valence-corrected chi connectivity index (χ1v) is 7.86. The van der Waals surface area contributed by atoms with Gasteiger partial charge in [-0.25, -0.2) is 0 Å². The van der Waals surface area contributed by atoms with Crippen LogP contribution in [0.2, 0.25) is 0 Å². The maximum absolute atomic E-state index is 12.4. The third-order valence-electron chi connectivity index (χ3n) is 4.18. The summed E-state index contributed by atoms with van der Waals surface area (Å²) < 4.78 is 11.2. The molecule has 0 unspecified atom stereocenters. The summed E-state index contributed by atoms with van der Waals surface area (Å²) in [6.07, 6.45) is 2.33. The van der Waals surface area contributed by atoms with Gasteiger partial charge in [0.25, 0.3) is 0 Å². The molecule has 1 aromatic carbocycles. The molecule has 1 aliphatic carbocycles. The Balaban J connectivity index is 1.77. The van der Waals surface area contributed by atoms with E-state index in [0.717, 1.165) is 41.2 Å². The summed E-state index contributed by atoms with van der Waals surface area (Å²) in [6.45, 7) is 1.11. The Bertz CT molecular complexity index is 699. The van der Waals surface area contributed by atoms with E-state index in [2.05, 4.69) is 10.6 Å². The van der Waals surface area contributed by atoms with Gasteiger partial charge in [-0.15, -0.1) is 0 Å². The molecule has 0 spiro atoms. The number of allylic oxidation sites excluding steroid dienone is 1. The molecule has 22 heavy (non-hydrogen) atoms. The summed E-state index contributed by atoms with van der Waals surface area (Å²) in [5.41, 5.74) is 2.73. The fourth-order valence-electron chi connectivity index (χ4n) is 3.19. The van der Waals surface area contributed by atoms with Gasteiger partial charge >= 0.3 is 0 Å². The number of hydrogen-bond donors (Lipinski definition) is 2. The van der Waals surface area contributed by atoms with E-state index in [0.29, 0.717) is 24.7 Å². The summed E-state index contributed by atoms with van der Waals surface area (Å²) in [6, 6.07) is 5.58. The smallest absolute Gasteiger partial charge is 0.171 e. The highest BCUT2D eigenvalue weighted by Crippen LogP contribution is 2.38. The number of hydrogen-bond acceptors (Lipinski definition) is 4. The summed E-state index contributed by atoms with van der Waals surface area (Å²) in [5.74, 6) is 1.65. The van der Waals surface area contributed by atoms with Crippen molar-refractivity contribution in [3.05, 3.63) is 35.0 Å². The van der Waals surface area contributed by atoms with E-state index in [1.54, 1.807) is 0 Å². The van der Waals surface area contributed by atoms with E-state index in [9.17, 15) is 4.79 Å². The molecule has 4 rings (SSSR count). The summed E-state index contributed by atoms with van der Waals surface area (Å²) >= 11 is 5.29. The molecular weight excluding hydrogens is 300 g/mol. The number of nitrogens with one attached hydrogen (secondary N) is 2. The van der Waals surface area contributed by atoms with Crippen LogP contribution in [0.5, 0.6) is 11.5 Å². The van der Waals surface area contributed by atoms with Gasteiger partial charge in [0.2, 0.25) is 0 Å². The Morgan fingerprint density at radius 3 is 2.82 bits per heavy atom. The van der Waals surface area contributed by atoms with Crippen LogP contribution in [0.1, 0.15) is 30.9 Å². The number of carbonyl (C=O) groups excluding carboxylic acids is 1. The van der Waals surface area contributed by atoms with Crippen molar-refractivity contribution in [2.24, 2.45) is 0 Å². The zero-order chi connectivity index (χ0) is 15.1. The van der Waals surface area contributed by atoms with E-state index in [1.807, 2.05) is 18.2 Å². The minimum atomic E-state index is -0.215. The highest BCUT2D eigenvalue weighted by Gasteiger charge is 2.33. The van der Waals surface area contributed by atoms with E-state index < -0.39 is 0 Å². The maximum Gasteiger partial charge on any atom is 0.171 e. The Morgan fingerprint density at radius 1 is 1.14 bits per heavy atom. The van der Waals surface area contributed by atoms with Gasteiger partial charge in [-0.3, -0.25) is 4.79 Å². The van der Waals surface area contributed by atoms with Crippen LogP contribution in [0.3, 0.4) is 0 Å². The molecule has 0 aromatic heterocycles. The van der Waals surface area contributed by atoms with Crippen LogP contribution in [0.15, 0.2) is 29.5 Å². The van der Waals surface area contributed by atoms with Crippen LogP contribution >= 0.6 is 12.2 Å². The Hall–Kier alpha value is -2.08. The van der Waals surface area contributed by atoms with Crippen LogP contribution in [0.25, 0.3) is 0 Å². The molecule has 0 saturated heterocycles. The molecule has 6 heteroatoms. The largest absolute Gasteiger partial charge is 0.486 e. The van der Waals surface area contributed by atoms with Gasteiger partial charge in [0, 0.05) is 17.7 Å². The van der Waals surface area contributed by atoms with Crippen molar-refractivity contribution < 1.29 is 14.3 Å². The Kier molecular flexibility index (Phi) is 3.26. The average Bonchev–Trinajstić information content (AvgIpc) is 2.53. The molecule has 5 nitrogen and oxygen atoms in total. The number of carbonyl (C=O) groups is 1. The normalized spacial score (nSPS) is 23.5. The molecule has 0 fully saturated rings. The average molecular weight is 316 g/mol. The van der Waals surface area contributed by atoms with E-state index in [4.69, 9.17) is 21.7 Å². The first kappa shape index (κ1) is 13.6. The van der Waals surface area contributed by atoms with Gasteiger partial charge in [0.15, 0.2) is 22.4 Å². The lowest BCUT2D eigenvalue weighted by atomic mass is 9.85. The second kappa shape index (κ2) is 5.28. The van der Waals surface area contributed by atoms with Crippen molar-refractivity contribution in [1.82, 2.24) is 10.6 Å². The van der Waals surface area contributed by atoms with Crippen molar-refractivity contribution in [2.45, 2.75) is 25.3 Å². The third kappa shape index (κ3) is 2.23. The zero-order valence-electron chi connectivity index (χ0n) is 12.0. The van der Waals surface area contributed by atoms with Gasteiger partial charge in [0.1, 0.15) is 13.2 Å². The molecule has 2 heterocycles. The van der Waals surface area contributed by atoms with Crippen molar-refractivity contribution in [1.29, 1.82) is 0 Å². The standard InChI is InChI=1S/C16H16N2O3S/c19-11-3-1-2-10-14(11)15(18-16(22)17-10)9-4-5-12-13(8-9)21-7-6-20-12/h4-5,8,15H,1-3,6-7H2,(H2,17,18,22)/t15-/m0/s1. The molecule has 2 aliphatic heterocycles. The van der Waals surface area contributed by atoms with Crippen LogP contribution in [0.4, 0.5) is 0 Å². The second-order valence-electron chi connectivity index (χ2n) is 5.60. The molecule has 114 valence electrons. The zero-order valence-corrected chi connectivity index (χ0v) is 12.8. The lowest BCUT2D eigenvalue weighted by molar-refractivity contribution is -0.116. The highest BCUT2D eigenvalue weighted by atomic mass is 32.1. The van der Waals surface area contributed by atoms with Gasteiger partial charge in [-0.2, -0.15) is 0 Å². The van der Waals surface area contributed by atoms with Crippen molar-refractivity contribution in [2.75, 3.05) is 13.2 Å². The predicted molar refractivity (Wildman–Crippen MR) is 84.9 cm³/mol. The van der Waals surface area contributed by atoms with Gasteiger partial charge in [-0.05, 0) is 42.8 Å². The van der Waals surface area contributed by atoms with Crippen molar-refractivity contribution in [3.63, 3.8) is 0 Å². The van der Waals surface area contributed by atoms with Crippen LogP contribution < -0.4 is 20.1 Å². The van der Waals surface area contributed by atoms with Crippen LogP contribution in [-0.4, -0.2) is 24.1 Å². The van der Waals surface area contributed by atoms with Crippen LogP contribution in [0, 0.1) is 0 Å². The Morgan fingerprint density at radius 2 is 1.95 bits per heavy atom. The molecule has 1 atom stereocenters. The summed E-state index contributed by atoms with van der Waals surface area (Å²) in [4.78, 5) is 12.4. The number of ketones is 1. The van der Waals surface area contributed by atoms with Gasteiger partial charge < -0.3 is 20.1 Å². The summed E-state index contributed by atoms with van der Waals surface area (Å²) in [5, 5.41) is 6.91. The quantitative estimate of drug-likeness (QED) is 0.773. The molecule has 0 bridgehead atoms. The fraction of sp³-hybridized carbons (Fsp3) is 0.375.